The second kappa shape index (κ2) is 11.3. The van der Waals surface area contributed by atoms with Crippen LogP contribution in [-0.2, 0) is 4.79 Å². The smallest absolute Gasteiger partial charge is 0.272 e. The van der Waals surface area contributed by atoms with Gasteiger partial charge in [0.05, 0.1) is 16.8 Å². The van der Waals surface area contributed by atoms with Gasteiger partial charge in [0.1, 0.15) is 5.70 Å². The van der Waals surface area contributed by atoms with Gasteiger partial charge >= 0.3 is 0 Å². The Hall–Kier alpha value is -3.15. The van der Waals surface area contributed by atoms with Gasteiger partial charge in [0.2, 0.25) is 6.17 Å². The Balaban J connectivity index is 1.60. The van der Waals surface area contributed by atoms with Crippen LogP contribution < -0.4 is 10.6 Å². The molecule has 2 unspecified atom stereocenters. The van der Waals surface area contributed by atoms with E-state index in [-0.39, 0.29) is 11.9 Å². The molecule has 2 atom stereocenters. The third kappa shape index (κ3) is 5.63. The lowest BCUT2D eigenvalue weighted by molar-refractivity contribution is -0.129. The quantitative estimate of drug-likeness (QED) is 0.422. The molecule has 0 saturated heterocycles. The number of hydrogen-bond donors (Lipinski definition) is 2. The number of thiocarbonyl (C=S) groups is 1. The maximum Gasteiger partial charge on any atom is 0.272 e. The van der Waals surface area contributed by atoms with Crippen LogP contribution in [0.25, 0.3) is 0 Å². The molecule has 1 aliphatic carbocycles. The Morgan fingerprint density at radius 3 is 2.53 bits per heavy atom. The Labute approximate surface area is 226 Å². The maximum atomic E-state index is 13.4. The summed E-state index contributed by atoms with van der Waals surface area (Å²) in [6, 6.07) is 17.3. The largest absolute Gasteiger partial charge is 0.361 e. The van der Waals surface area contributed by atoms with E-state index >= 15 is 0 Å². The zero-order chi connectivity index (χ0) is 25.8. The number of benzene rings is 2. The van der Waals surface area contributed by atoms with Crippen molar-refractivity contribution in [3.63, 3.8) is 0 Å². The SMILES string of the molecule is CN1C(=O)C(NC(=S)NCC(c2ccccc2Cl)N(C)C)N=C(c2ccccc2)C2=CC(Cl)=C=C=C21. The van der Waals surface area contributed by atoms with Crippen LogP contribution in [0.5, 0.6) is 0 Å². The predicted octanol–water partition coefficient (Wildman–Crippen LogP) is 4.39. The first-order valence-electron chi connectivity index (χ1n) is 11.3. The summed E-state index contributed by atoms with van der Waals surface area (Å²) in [4.78, 5) is 21.7. The first-order chi connectivity index (χ1) is 17.3. The van der Waals surface area contributed by atoms with Gasteiger partial charge in [-0.1, -0.05) is 71.7 Å². The zero-order valence-electron chi connectivity index (χ0n) is 20.0. The van der Waals surface area contributed by atoms with Gasteiger partial charge < -0.3 is 20.4 Å². The van der Waals surface area contributed by atoms with Crippen LogP contribution in [0, 0.1) is 0 Å². The molecule has 4 rings (SSSR count). The highest BCUT2D eigenvalue weighted by molar-refractivity contribution is 7.80. The molecule has 36 heavy (non-hydrogen) atoms. The van der Waals surface area contributed by atoms with Gasteiger partial charge in [-0.2, -0.15) is 0 Å². The highest BCUT2D eigenvalue weighted by Crippen LogP contribution is 2.28. The summed E-state index contributed by atoms with van der Waals surface area (Å²) in [5.41, 5.74) is 9.51. The minimum absolute atomic E-state index is 0.0362. The lowest BCUT2D eigenvalue weighted by atomic mass is 9.98. The molecule has 0 aromatic heterocycles. The Kier molecular flexibility index (Phi) is 8.12. The van der Waals surface area contributed by atoms with Crippen molar-refractivity contribution in [3.05, 3.63) is 105 Å². The van der Waals surface area contributed by atoms with Crippen LogP contribution >= 0.6 is 35.4 Å². The summed E-state index contributed by atoms with van der Waals surface area (Å²) < 4.78 is 0. The van der Waals surface area contributed by atoms with E-state index in [0.29, 0.717) is 38.7 Å². The topological polar surface area (TPSA) is 60.0 Å². The fourth-order valence-corrected chi connectivity index (χ4v) is 4.62. The normalized spacial score (nSPS) is 17.9. The van der Waals surface area contributed by atoms with Crippen molar-refractivity contribution in [2.24, 2.45) is 4.99 Å². The van der Waals surface area contributed by atoms with Gasteiger partial charge in [-0.3, -0.25) is 4.79 Å². The molecule has 2 aromatic rings. The monoisotopic (exact) mass is 537 g/mol. The summed E-state index contributed by atoms with van der Waals surface area (Å²) in [6.07, 6.45) is 0.788. The third-order valence-corrected chi connectivity index (χ3v) is 6.71. The van der Waals surface area contributed by atoms with E-state index in [2.05, 4.69) is 27.0 Å². The van der Waals surface area contributed by atoms with Gasteiger partial charge in [-0.05, 0) is 55.5 Å². The molecule has 2 aliphatic rings. The number of likely N-dealkylation sites (N-methyl/N-ethyl adjacent to an activating group) is 2. The van der Waals surface area contributed by atoms with Gasteiger partial charge in [0.15, 0.2) is 5.11 Å². The number of fused-ring (bicyclic) bond motifs is 1. The molecular weight excluding hydrogens is 513 g/mol. The van der Waals surface area contributed by atoms with Gasteiger partial charge in [0.25, 0.3) is 5.91 Å². The maximum absolute atomic E-state index is 13.4. The van der Waals surface area contributed by atoms with Crippen molar-refractivity contribution in [2.75, 3.05) is 27.7 Å². The molecule has 2 aromatic carbocycles. The number of rotatable bonds is 6. The minimum atomic E-state index is -0.956. The number of nitrogens with one attached hydrogen (secondary N) is 2. The van der Waals surface area contributed by atoms with Crippen molar-refractivity contribution in [3.8, 4) is 0 Å². The van der Waals surface area contributed by atoms with E-state index in [1.807, 2.05) is 68.7 Å². The van der Waals surface area contributed by atoms with Crippen LogP contribution in [0.15, 0.2) is 93.4 Å². The number of hydrogen-bond acceptors (Lipinski definition) is 4. The number of carbonyl (C=O) groups excluding carboxylic acids is 1. The first-order valence-corrected chi connectivity index (χ1v) is 12.4. The molecule has 184 valence electrons. The molecule has 1 amide bonds. The average molecular weight is 539 g/mol. The summed E-state index contributed by atoms with van der Waals surface area (Å²) in [7, 11) is 5.62. The number of carbonyl (C=O) groups is 1. The van der Waals surface area contributed by atoms with E-state index in [4.69, 9.17) is 40.4 Å². The van der Waals surface area contributed by atoms with Crippen LogP contribution in [-0.4, -0.2) is 60.4 Å². The van der Waals surface area contributed by atoms with E-state index in [1.165, 1.54) is 4.90 Å². The Morgan fingerprint density at radius 2 is 1.83 bits per heavy atom. The van der Waals surface area contributed by atoms with Crippen molar-refractivity contribution in [2.45, 2.75) is 12.2 Å². The number of amides is 1. The van der Waals surface area contributed by atoms with Gasteiger partial charge in [-0.25, -0.2) is 4.99 Å². The molecular formula is C27H25Cl2N5OS. The molecule has 1 heterocycles. The highest BCUT2D eigenvalue weighted by atomic mass is 35.5. The van der Waals surface area contributed by atoms with E-state index < -0.39 is 6.17 Å². The standard InChI is InChI=1S/C27H25Cl2N5OS/c1-33(2)23(19-11-7-8-12-21(19)29)16-30-27(36)32-25-26(35)34(3)22-14-13-18(28)15-20(22)24(31-25)17-9-5-4-6-10-17/h4-12,15,23,25H,16H2,1-3H3,(H2,30,32,36). The average Bonchev–Trinajstić information content (AvgIpc) is 2.96. The molecule has 9 heteroatoms. The molecule has 0 radical (unpaired) electrons. The lowest BCUT2D eigenvalue weighted by Crippen LogP contribution is -2.49. The molecule has 0 saturated carbocycles. The second-order valence-electron chi connectivity index (χ2n) is 8.50. The van der Waals surface area contributed by atoms with Crippen LogP contribution in [0.1, 0.15) is 17.2 Å². The van der Waals surface area contributed by atoms with Gasteiger partial charge in [0, 0.05) is 29.8 Å². The Morgan fingerprint density at radius 1 is 1.14 bits per heavy atom. The minimum Gasteiger partial charge on any atom is -0.361 e. The van der Waals surface area contributed by atoms with E-state index in [0.717, 1.165) is 11.1 Å². The summed E-state index contributed by atoms with van der Waals surface area (Å²) >= 11 is 18.2. The lowest BCUT2D eigenvalue weighted by Gasteiger charge is -2.27. The fourth-order valence-electron chi connectivity index (χ4n) is 4.01. The number of halogens is 2. The molecule has 1 aliphatic heterocycles. The molecule has 0 fully saturated rings. The zero-order valence-corrected chi connectivity index (χ0v) is 22.4. The molecule has 6 nitrogen and oxygen atoms in total. The number of nitrogens with zero attached hydrogens (tertiary/aromatic N) is 3. The van der Waals surface area contributed by atoms with Crippen LogP contribution in [0.2, 0.25) is 5.02 Å². The number of allylic oxidation sites excluding steroid dienone is 3. The second-order valence-corrected chi connectivity index (χ2v) is 9.73. The van der Waals surface area contributed by atoms with Crippen LogP contribution in [0.4, 0.5) is 0 Å². The third-order valence-electron chi connectivity index (χ3n) is 5.90. The molecule has 2 N–H and O–H groups in total. The first kappa shape index (κ1) is 25.9. The molecule has 0 spiro atoms. The number of aliphatic imine (C=N–C) groups is 1. The van der Waals surface area contributed by atoms with Crippen molar-refractivity contribution < 1.29 is 4.79 Å². The Bertz CT molecular complexity index is 1360. The van der Waals surface area contributed by atoms with Crippen LogP contribution in [0.3, 0.4) is 0 Å². The fraction of sp³-hybridized carbons (Fsp3) is 0.222. The predicted molar refractivity (Wildman–Crippen MR) is 149 cm³/mol. The van der Waals surface area contributed by atoms with E-state index in [9.17, 15) is 4.79 Å². The molecule has 0 bridgehead atoms. The highest BCUT2D eigenvalue weighted by Gasteiger charge is 2.33. The summed E-state index contributed by atoms with van der Waals surface area (Å²) in [5.74, 6) is -0.284. The van der Waals surface area contributed by atoms with Crippen molar-refractivity contribution in [1.29, 1.82) is 0 Å². The summed E-state index contributed by atoms with van der Waals surface area (Å²) in [6.45, 7) is 0.479. The van der Waals surface area contributed by atoms with Gasteiger partial charge in [-0.15, -0.1) is 0 Å². The van der Waals surface area contributed by atoms with E-state index in [1.54, 1.807) is 13.1 Å². The van der Waals surface area contributed by atoms with Crippen molar-refractivity contribution in [1.82, 2.24) is 20.4 Å². The van der Waals surface area contributed by atoms with Crippen molar-refractivity contribution >= 4 is 52.2 Å². The summed E-state index contributed by atoms with van der Waals surface area (Å²) in [5, 5.41) is 7.67.